The molecule has 5 heteroatoms. The quantitative estimate of drug-likeness (QED) is 0.694. The van der Waals surface area contributed by atoms with Crippen molar-refractivity contribution < 1.29 is 4.74 Å². The first-order chi connectivity index (χ1) is 10.2. The normalized spacial score (nSPS) is 10.6. The fraction of sp³-hybridized carbons (Fsp3) is 0.0625. The molecule has 4 nitrogen and oxygen atoms in total. The van der Waals surface area contributed by atoms with Crippen molar-refractivity contribution in [2.45, 2.75) is 0 Å². The number of rotatable bonds is 3. The minimum Gasteiger partial charge on any atom is -0.497 e. The summed E-state index contributed by atoms with van der Waals surface area (Å²) in [5.74, 6) is 0.734. The van der Waals surface area contributed by atoms with Gasteiger partial charge < -0.3 is 15.8 Å². The lowest BCUT2D eigenvalue weighted by atomic mass is 10.1. The third kappa shape index (κ3) is 2.78. The van der Waals surface area contributed by atoms with Crippen molar-refractivity contribution >= 4 is 43.9 Å². The van der Waals surface area contributed by atoms with Crippen molar-refractivity contribution in [2.75, 3.05) is 18.2 Å². The van der Waals surface area contributed by atoms with E-state index in [2.05, 4.69) is 26.2 Å². The molecule has 21 heavy (non-hydrogen) atoms. The molecule has 0 fully saturated rings. The van der Waals surface area contributed by atoms with Crippen LogP contribution in [0.4, 0.5) is 17.1 Å². The first kappa shape index (κ1) is 13.7. The number of nitrogens with one attached hydrogen (secondary N) is 1. The molecule has 0 amide bonds. The van der Waals surface area contributed by atoms with Gasteiger partial charge >= 0.3 is 0 Å². The molecule has 2 aromatic carbocycles. The van der Waals surface area contributed by atoms with Crippen molar-refractivity contribution in [2.24, 2.45) is 0 Å². The number of aromatic nitrogens is 1. The van der Waals surface area contributed by atoms with Crippen molar-refractivity contribution in [1.82, 2.24) is 4.98 Å². The van der Waals surface area contributed by atoms with Crippen LogP contribution in [0.2, 0.25) is 0 Å². The molecular weight excluding hydrogens is 330 g/mol. The standard InChI is InChI=1S/C16H14BrN3O/c1-21-12-5-6-14(13(18)8-12)20-15-4-2-3-10-7-11(17)9-19-16(10)15/h2-9,20H,18H2,1H3. The molecule has 3 aromatic rings. The van der Waals surface area contributed by atoms with E-state index in [1.54, 1.807) is 19.4 Å². The van der Waals surface area contributed by atoms with Crippen molar-refractivity contribution in [3.8, 4) is 5.75 Å². The Bertz CT molecular complexity index is 805. The van der Waals surface area contributed by atoms with E-state index in [4.69, 9.17) is 10.5 Å². The van der Waals surface area contributed by atoms with Crippen LogP contribution in [-0.2, 0) is 0 Å². The van der Waals surface area contributed by atoms with Gasteiger partial charge in [0.1, 0.15) is 5.75 Å². The predicted molar refractivity (Wildman–Crippen MR) is 90.1 cm³/mol. The van der Waals surface area contributed by atoms with Gasteiger partial charge in [-0.15, -0.1) is 0 Å². The molecular formula is C16H14BrN3O. The number of ether oxygens (including phenoxy) is 1. The number of para-hydroxylation sites is 1. The summed E-state index contributed by atoms with van der Waals surface area (Å²) in [5.41, 5.74) is 9.31. The average Bonchev–Trinajstić information content (AvgIpc) is 2.49. The molecule has 0 unspecified atom stereocenters. The highest BCUT2D eigenvalue weighted by Gasteiger charge is 2.06. The SMILES string of the molecule is COc1ccc(Nc2cccc3cc(Br)cnc23)c(N)c1. The van der Waals surface area contributed by atoms with Crippen LogP contribution < -0.4 is 15.8 Å². The van der Waals surface area contributed by atoms with Gasteiger partial charge in [0.15, 0.2) is 0 Å². The maximum Gasteiger partial charge on any atom is 0.121 e. The summed E-state index contributed by atoms with van der Waals surface area (Å²) in [6.45, 7) is 0. The molecule has 0 radical (unpaired) electrons. The van der Waals surface area contributed by atoms with Crippen LogP contribution >= 0.6 is 15.9 Å². The second-order valence-corrected chi connectivity index (χ2v) is 5.52. The average molecular weight is 344 g/mol. The number of methoxy groups -OCH3 is 1. The van der Waals surface area contributed by atoms with Crippen molar-refractivity contribution in [3.63, 3.8) is 0 Å². The summed E-state index contributed by atoms with van der Waals surface area (Å²) in [7, 11) is 1.62. The van der Waals surface area contributed by atoms with Crippen LogP contribution in [0.15, 0.2) is 53.1 Å². The summed E-state index contributed by atoms with van der Waals surface area (Å²) >= 11 is 3.43. The van der Waals surface area contributed by atoms with E-state index in [9.17, 15) is 0 Å². The van der Waals surface area contributed by atoms with Crippen molar-refractivity contribution in [3.05, 3.63) is 53.1 Å². The van der Waals surface area contributed by atoms with E-state index in [-0.39, 0.29) is 0 Å². The van der Waals surface area contributed by atoms with Crippen LogP contribution in [0.3, 0.4) is 0 Å². The predicted octanol–water partition coefficient (Wildman–Crippen LogP) is 4.33. The van der Waals surface area contributed by atoms with Gasteiger partial charge in [0.05, 0.1) is 29.7 Å². The molecule has 0 aliphatic carbocycles. The Kier molecular flexibility index (Phi) is 3.66. The maximum absolute atomic E-state index is 6.04. The number of hydrogen-bond donors (Lipinski definition) is 2. The van der Waals surface area contributed by atoms with Crippen LogP contribution in [0, 0.1) is 0 Å². The Labute approximate surface area is 131 Å². The molecule has 1 heterocycles. The molecule has 0 bridgehead atoms. The van der Waals surface area contributed by atoms with Gasteiger partial charge in [-0.2, -0.15) is 0 Å². The van der Waals surface area contributed by atoms with Gasteiger partial charge in [0.25, 0.3) is 0 Å². The number of fused-ring (bicyclic) bond motifs is 1. The zero-order valence-electron chi connectivity index (χ0n) is 11.4. The smallest absolute Gasteiger partial charge is 0.121 e. The van der Waals surface area contributed by atoms with E-state index in [0.29, 0.717) is 5.69 Å². The third-order valence-electron chi connectivity index (χ3n) is 3.21. The highest BCUT2D eigenvalue weighted by atomic mass is 79.9. The molecule has 0 saturated carbocycles. The second-order valence-electron chi connectivity index (χ2n) is 4.61. The zero-order chi connectivity index (χ0) is 14.8. The Morgan fingerprint density at radius 3 is 2.76 bits per heavy atom. The number of anilines is 3. The Hall–Kier alpha value is -2.27. The number of hydrogen-bond acceptors (Lipinski definition) is 4. The molecule has 0 atom stereocenters. The number of nitrogens with two attached hydrogens (primary N) is 1. The minimum atomic E-state index is 0.628. The highest BCUT2D eigenvalue weighted by Crippen LogP contribution is 2.30. The molecule has 0 spiro atoms. The maximum atomic E-state index is 6.04. The summed E-state index contributed by atoms with van der Waals surface area (Å²) in [6.07, 6.45) is 1.78. The van der Waals surface area contributed by atoms with E-state index >= 15 is 0 Å². The topological polar surface area (TPSA) is 60.2 Å². The highest BCUT2D eigenvalue weighted by molar-refractivity contribution is 9.10. The molecule has 0 saturated heterocycles. The molecule has 3 N–H and O–H groups in total. The second kappa shape index (κ2) is 5.61. The number of halogens is 1. The summed E-state index contributed by atoms with van der Waals surface area (Å²) in [5, 5.41) is 4.38. The summed E-state index contributed by atoms with van der Waals surface area (Å²) in [6, 6.07) is 13.6. The molecule has 0 aliphatic rings. The first-order valence-electron chi connectivity index (χ1n) is 6.42. The molecule has 1 aromatic heterocycles. The van der Waals surface area contributed by atoms with E-state index in [1.807, 2.05) is 36.4 Å². The minimum absolute atomic E-state index is 0.628. The number of nitrogens with zero attached hydrogens (tertiary/aromatic N) is 1. The van der Waals surface area contributed by atoms with E-state index in [0.717, 1.165) is 32.5 Å². The van der Waals surface area contributed by atoms with Crippen molar-refractivity contribution in [1.29, 1.82) is 0 Å². The Morgan fingerprint density at radius 2 is 2.00 bits per heavy atom. The fourth-order valence-electron chi connectivity index (χ4n) is 2.16. The van der Waals surface area contributed by atoms with Gasteiger partial charge in [-0.1, -0.05) is 12.1 Å². The van der Waals surface area contributed by atoms with Gasteiger partial charge in [-0.3, -0.25) is 4.98 Å². The van der Waals surface area contributed by atoms with E-state index < -0.39 is 0 Å². The molecule has 106 valence electrons. The molecule has 0 aliphatic heterocycles. The first-order valence-corrected chi connectivity index (χ1v) is 7.21. The largest absolute Gasteiger partial charge is 0.497 e. The van der Waals surface area contributed by atoms with Crippen LogP contribution in [0.5, 0.6) is 5.75 Å². The van der Waals surface area contributed by atoms with Crippen LogP contribution in [0.25, 0.3) is 10.9 Å². The van der Waals surface area contributed by atoms with E-state index in [1.165, 1.54) is 0 Å². The molecule has 3 rings (SSSR count). The fourth-order valence-corrected chi connectivity index (χ4v) is 2.51. The number of benzene rings is 2. The number of pyridine rings is 1. The zero-order valence-corrected chi connectivity index (χ0v) is 13.0. The lowest BCUT2D eigenvalue weighted by Crippen LogP contribution is -1.98. The summed E-state index contributed by atoms with van der Waals surface area (Å²) < 4.78 is 6.11. The number of nitrogen functional groups attached to an aromatic ring is 1. The van der Waals surface area contributed by atoms with Crippen LogP contribution in [-0.4, -0.2) is 12.1 Å². The lowest BCUT2D eigenvalue weighted by molar-refractivity contribution is 0.415. The monoisotopic (exact) mass is 343 g/mol. The lowest BCUT2D eigenvalue weighted by Gasteiger charge is -2.12. The van der Waals surface area contributed by atoms with Gasteiger partial charge in [-0.05, 0) is 40.2 Å². The Balaban J connectivity index is 2.02. The van der Waals surface area contributed by atoms with Gasteiger partial charge in [0, 0.05) is 22.1 Å². The summed E-state index contributed by atoms with van der Waals surface area (Å²) in [4.78, 5) is 4.47. The third-order valence-corrected chi connectivity index (χ3v) is 3.64. The Morgan fingerprint density at radius 1 is 1.14 bits per heavy atom. The van der Waals surface area contributed by atoms with Gasteiger partial charge in [0.2, 0.25) is 0 Å². The van der Waals surface area contributed by atoms with Gasteiger partial charge in [-0.25, -0.2) is 0 Å². The van der Waals surface area contributed by atoms with Crippen LogP contribution in [0.1, 0.15) is 0 Å².